The van der Waals surface area contributed by atoms with Crippen LogP contribution < -0.4 is 5.73 Å². The van der Waals surface area contributed by atoms with Gasteiger partial charge in [0.2, 0.25) is 0 Å². The molecule has 3 nitrogen and oxygen atoms in total. The summed E-state index contributed by atoms with van der Waals surface area (Å²) in [5.41, 5.74) is 8.35. The van der Waals surface area contributed by atoms with E-state index in [2.05, 4.69) is 18.9 Å². The Morgan fingerprint density at radius 2 is 1.88 bits per heavy atom. The highest BCUT2D eigenvalue weighted by Gasteiger charge is 2.14. The molecule has 2 aromatic rings. The molecule has 0 saturated carbocycles. The van der Waals surface area contributed by atoms with Gasteiger partial charge < -0.3 is 5.73 Å². The maximum Gasteiger partial charge on any atom is 0.0649 e. The Hall–Kier alpha value is -1.61. The Kier molecular flexibility index (Phi) is 3.59. The van der Waals surface area contributed by atoms with E-state index in [0.717, 1.165) is 17.8 Å². The molecule has 3 heteroatoms. The van der Waals surface area contributed by atoms with Gasteiger partial charge in [0.15, 0.2) is 0 Å². The third kappa shape index (κ3) is 2.74. The molecule has 90 valence electrons. The number of rotatable bonds is 4. The van der Waals surface area contributed by atoms with Gasteiger partial charge in [0.05, 0.1) is 11.4 Å². The zero-order valence-corrected chi connectivity index (χ0v) is 10.4. The number of benzene rings is 1. The van der Waals surface area contributed by atoms with Crippen LogP contribution in [0, 0.1) is 5.92 Å². The van der Waals surface area contributed by atoms with Gasteiger partial charge in [0.1, 0.15) is 0 Å². The van der Waals surface area contributed by atoms with E-state index < -0.39 is 0 Å². The highest BCUT2D eigenvalue weighted by molar-refractivity contribution is 5.33. The maximum atomic E-state index is 6.22. The average molecular weight is 229 g/mol. The standard InChI is InChI=1S/C14H19N3/c1-11(2)10-13(15)14-8-9-16-17(14)12-6-4-3-5-7-12/h3-9,11,13H,10,15H2,1-2H3. The fourth-order valence-electron chi connectivity index (χ4n) is 2.01. The number of aromatic nitrogens is 2. The maximum absolute atomic E-state index is 6.22. The average Bonchev–Trinajstić information content (AvgIpc) is 2.78. The SMILES string of the molecule is CC(C)CC(N)c1ccnn1-c1ccccc1. The Morgan fingerprint density at radius 1 is 1.18 bits per heavy atom. The van der Waals surface area contributed by atoms with E-state index in [1.54, 1.807) is 0 Å². The molecule has 0 aliphatic rings. The molecule has 0 radical (unpaired) electrons. The van der Waals surface area contributed by atoms with Gasteiger partial charge in [-0.1, -0.05) is 32.0 Å². The minimum absolute atomic E-state index is 0.0395. The zero-order valence-electron chi connectivity index (χ0n) is 10.4. The summed E-state index contributed by atoms with van der Waals surface area (Å²) in [5.74, 6) is 0.587. The van der Waals surface area contributed by atoms with Crippen molar-refractivity contribution in [3.8, 4) is 5.69 Å². The van der Waals surface area contributed by atoms with Gasteiger partial charge in [-0.25, -0.2) is 4.68 Å². The van der Waals surface area contributed by atoms with E-state index in [1.165, 1.54) is 0 Å². The molecule has 1 unspecified atom stereocenters. The van der Waals surface area contributed by atoms with Crippen LogP contribution in [-0.4, -0.2) is 9.78 Å². The minimum Gasteiger partial charge on any atom is -0.323 e. The van der Waals surface area contributed by atoms with Crippen LogP contribution in [0.3, 0.4) is 0 Å². The van der Waals surface area contributed by atoms with Crippen molar-refractivity contribution in [1.29, 1.82) is 0 Å². The summed E-state index contributed by atoms with van der Waals surface area (Å²) in [5, 5.41) is 4.35. The van der Waals surface area contributed by atoms with Gasteiger partial charge in [-0.15, -0.1) is 0 Å². The van der Waals surface area contributed by atoms with Gasteiger partial charge in [-0.05, 0) is 30.5 Å². The molecule has 2 rings (SSSR count). The topological polar surface area (TPSA) is 43.8 Å². The predicted molar refractivity (Wildman–Crippen MR) is 69.9 cm³/mol. The summed E-state index contributed by atoms with van der Waals surface area (Å²) in [7, 11) is 0. The number of nitrogens with zero attached hydrogens (tertiary/aromatic N) is 2. The lowest BCUT2D eigenvalue weighted by atomic mass is 10.0. The Morgan fingerprint density at radius 3 is 2.53 bits per heavy atom. The predicted octanol–water partition coefficient (Wildman–Crippen LogP) is 2.92. The van der Waals surface area contributed by atoms with Crippen molar-refractivity contribution in [2.75, 3.05) is 0 Å². The number of hydrogen-bond acceptors (Lipinski definition) is 2. The van der Waals surface area contributed by atoms with E-state index in [1.807, 2.05) is 47.3 Å². The van der Waals surface area contributed by atoms with Gasteiger partial charge in [-0.2, -0.15) is 5.10 Å². The first-order valence-corrected chi connectivity index (χ1v) is 6.03. The smallest absolute Gasteiger partial charge is 0.0649 e. The van der Waals surface area contributed by atoms with Crippen LogP contribution in [0.4, 0.5) is 0 Å². The van der Waals surface area contributed by atoms with Crippen molar-refractivity contribution in [1.82, 2.24) is 9.78 Å². The van der Waals surface area contributed by atoms with E-state index >= 15 is 0 Å². The van der Waals surface area contributed by atoms with Crippen LogP contribution in [-0.2, 0) is 0 Å². The van der Waals surface area contributed by atoms with Crippen LogP contribution in [0.5, 0.6) is 0 Å². The second-order valence-electron chi connectivity index (χ2n) is 4.74. The second-order valence-corrected chi connectivity index (χ2v) is 4.74. The summed E-state index contributed by atoms with van der Waals surface area (Å²) >= 11 is 0. The monoisotopic (exact) mass is 229 g/mol. The first-order chi connectivity index (χ1) is 8.18. The molecule has 0 fully saturated rings. The van der Waals surface area contributed by atoms with Crippen LogP contribution >= 0.6 is 0 Å². The van der Waals surface area contributed by atoms with Crippen molar-refractivity contribution in [2.45, 2.75) is 26.3 Å². The van der Waals surface area contributed by atoms with Crippen LogP contribution in [0.2, 0.25) is 0 Å². The third-order valence-corrected chi connectivity index (χ3v) is 2.78. The highest BCUT2D eigenvalue weighted by Crippen LogP contribution is 2.20. The lowest BCUT2D eigenvalue weighted by Gasteiger charge is -2.16. The van der Waals surface area contributed by atoms with Crippen molar-refractivity contribution in [2.24, 2.45) is 11.7 Å². The first-order valence-electron chi connectivity index (χ1n) is 6.03. The molecule has 0 aliphatic heterocycles. The molecule has 0 bridgehead atoms. The van der Waals surface area contributed by atoms with Gasteiger partial charge >= 0.3 is 0 Å². The summed E-state index contributed by atoms with van der Waals surface area (Å²) in [6.45, 7) is 4.37. The molecule has 1 atom stereocenters. The number of para-hydroxylation sites is 1. The summed E-state index contributed by atoms with van der Waals surface area (Å²) in [6, 6.07) is 12.1. The molecule has 0 aliphatic carbocycles. The van der Waals surface area contributed by atoms with E-state index in [0.29, 0.717) is 5.92 Å². The molecule has 1 aromatic heterocycles. The molecule has 0 amide bonds. The van der Waals surface area contributed by atoms with Crippen molar-refractivity contribution in [3.05, 3.63) is 48.3 Å². The fraction of sp³-hybridized carbons (Fsp3) is 0.357. The minimum atomic E-state index is 0.0395. The Balaban J connectivity index is 2.29. The van der Waals surface area contributed by atoms with Gasteiger partial charge in [0, 0.05) is 12.2 Å². The Bertz CT molecular complexity index is 459. The molecule has 1 heterocycles. The van der Waals surface area contributed by atoms with Crippen molar-refractivity contribution in [3.63, 3.8) is 0 Å². The van der Waals surface area contributed by atoms with Crippen molar-refractivity contribution < 1.29 is 0 Å². The largest absolute Gasteiger partial charge is 0.323 e. The quantitative estimate of drug-likeness (QED) is 0.876. The second kappa shape index (κ2) is 5.15. The molecular formula is C14H19N3. The summed E-state index contributed by atoms with van der Waals surface area (Å²) in [6.07, 6.45) is 2.78. The zero-order chi connectivity index (χ0) is 12.3. The third-order valence-electron chi connectivity index (χ3n) is 2.78. The van der Waals surface area contributed by atoms with Gasteiger partial charge in [0.25, 0.3) is 0 Å². The van der Waals surface area contributed by atoms with Gasteiger partial charge in [-0.3, -0.25) is 0 Å². The molecule has 17 heavy (non-hydrogen) atoms. The number of nitrogens with two attached hydrogens (primary N) is 1. The normalized spacial score (nSPS) is 12.9. The lowest BCUT2D eigenvalue weighted by molar-refractivity contribution is 0.493. The summed E-state index contributed by atoms with van der Waals surface area (Å²) < 4.78 is 1.92. The molecular weight excluding hydrogens is 210 g/mol. The highest BCUT2D eigenvalue weighted by atomic mass is 15.3. The first kappa shape index (κ1) is 11.9. The lowest BCUT2D eigenvalue weighted by Crippen LogP contribution is -2.17. The number of hydrogen-bond donors (Lipinski definition) is 1. The fourth-order valence-corrected chi connectivity index (χ4v) is 2.01. The van der Waals surface area contributed by atoms with Crippen LogP contribution in [0.25, 0.3) is 5.69 Å². The van der Waals surface area contributed by atoms with Crippen LogP contribution in [0.15, 0.2) is 42.6 Å². The molecule has 2 N–H and O–H groups in total. The molecule has 0 spiro atoms. The van der Waals surface area contributed by atoms with Crippen molar-refractivity contribution >= 4 is 0 Å². The van der Waals surface area contributed by atoms with E-state index in [4.69, 9.17) is 5.73 Å². The molecule has 0 saturated heterocycles. The Labute approximate surface area is 102 Å². The van der Waals surface area contributed by atoms with Crippen LogP contribution in [0.1, 0.15) is 32.0 Å². The summed E-state index contributed by atoms with van der Waals surface area (Å²) in [4.78, 5) is 0. The van der Waals surface area contributed by atoms with E-state index in [-0.39, 0.29) is 6.04 Å². The molecule has 1 aromatic carbocycles. The van der Waals surface area contributed by atoms with E-state index in [9.17, 15) is 0 Å².